The summed E-state index contributed by atoms with van der Waals surface area (Å²) in [6.07, 6.45) is 3.58. The predicted molar refractivity (Wildman–Crippen MR) is 124 cm³/mol. The van der Waals surface area contributed by atoms with Crippen molar-refractivity contribution in [1.29, 1.82) is 0 Å². The topological polar surface area (TPSA) is 65.9 Å². The Balaban J connectivity index is 0.00000280. The first-order valence-electron chi connectivity index (χ1n) is 9.40. The van der Waals surface area contributed by atoms with Gasteiger partial charge in [-0.1, -0.05) is 12.1 Å². The van der Waals surface area contributed by atoms with Crippen molar-refractivity contribution < 1.29 is 4.74 Å². The normalized spacial score (nSPS) is 14.5. The van der Waals surface area contributed by atoms with Crippen molar-refractivity contribution in [3.8, 4) is 5.75 Å². The number of ether oxygens (including phenoxy) is 1. The smallest absolute Gasteiger partial charge is 0.225 e. The van der Waals surface area contributed by atoms with Crippen molar-refractivity contribution in [1.82, 2.24) is 20.2 Å². The first-order valence-corrected chi connectivity index (χ1v) is 9.40. The average molecular weight is 496 g/mol. The number of aliphatic imine (C=N–C) groups is 1. The summed E-state index contributed by atoms with van der Waals surface area (Å²) in [6, 6.07) is 8.06. The molecule has 1 N–H and O–H groups in total. The third-order valence-electron chi connectivity index (χ3n) is 4.62. The summed E-state index contributed by atoms with van der Waals surface area (Å²) in [5.74, 6) is 2.67. The van der Waals surface area contributed by atoms with E-state index in [1.54, 1.807) is 19.5 Å². The zero-order valence-electron chi connectivity index (χ0n) is 16.8. The average Bonchev–Trinajstić information content (AvgIpc) is 2.72. The molecule has 2 heterocycles. The van der Waals surface area contributed by atoms with Crippen LogP contribution in [0.2, 0.25) is 0 Å². The third-order valence-corrected chi connectivity index (χ3v) is 4.62. The lowest BCUT2D eigenvalue weighted by atomic mass is 10.1. The molecule has 0 unspecified atom stereocenters. The molecule has 28 heavy (non-hydrogen) atoms. The Morgan fingerprint density at radius 1 is 1.18 bits per heavy atom. The highest BCUT2D eigenvalue weighted by atomic mass is 127. The molecule has 1 aliphatic rings. The number of aryl methyl sites for hydroxylation is 1. The lowest BCUT2D eigenvalue weighted by molar-refractivity contribution is 0.370. The second-order valence-corrected chi connectivity index (χ2v) is 6.50. The zero-order chi connectivity index (χ0) is 19.1. The maximum atomic E-state index is 5.33. The van der Waals surface area contributed by atoms with E-state index in [0.29, 0.717) is 6.54 Å². The summed E-state index contributed by atoms with van der Waals surface area (Å²) in [5, 5.41) is 3.42. The highest BCUT2D eigenvalue weighted by Gasteiger charge is 2.21. The monoisotopic (exact) mass is 496 g/mol. The van der Waals surface area contributed by atoms with E-state index < -0.39 is 0 Å². The van der Waals surface area contributed by atoms with Crippen molar-refractivity contribution in [2.75, 3.05) is 44.7 Å². The maximum Gasteiger partial charge on any atom is 0.225 e. The fraction of sp³-hybridized carbons (Fsp3) is 0.450. The van der Waals surface area contributed by atoms with Crippen LogP contribution in [0.4, 0.5) is 5.95 Å². The minimum absolute atomic E-state index is 0. The van der Waals surface area contributed by atoms with Crippen LogP contribution in [-0.4, -0.2) is 60.7 Å². The number of nitrogens with zero attached hydrogens (tertiary/aromatic N) is 5. The van der Waals surface area contributed by atoms with Crippen molar-refractivity contribution in [2.45, 2.75) is 20.4 Å². The van der Waals surface area contributed by atoms with Gasteiger partial charge in [0.1, 0.15) is 5.75 Å². The molecule has 0 atom stereocenters. The summed E-state index contributed by atoms with van der Waals surface area (Å²) in [7, 11) is 1.70. The van der Waals surface area contributed by atoms with E-state index in [0.717, 1.165) is 55.9 Å². The van der Waals surface area contributed by atoms with Crippen LogP contribution in [0.25, 0.3) is 0 Å². The number of rotatable bonds is 5. The Morgan fingerprint density at radius 2 is 1.89 bits per heavy atom. The van der Waals surface area contributed by atoms with Crippen LogP contribution >= 0.6 is 24.0 Å². The lowest BCUT2D eigenvalue weighted by Gasteiger charge is -2.36. The van der Waals surface area contributed by atoms with E-state index in [2.05, 4.69) is 51.1 Å². The van der Waals surface area contributed by atoms with Gasteiger partial charge in [-0.25, -0.2) is 15.0 Å². The highest BCUT2D eigenvalue weighted by molar-refractivity contribution is 14.0. The molecule has 2 aromatic rings. The van der Waals surface area contributed by atoms with E-state index in [1.807, 2.05) is 12.1 Å². The number of piperazine rings is 1. The minimum Gasteiger partial charge on any atom is -0.496 e. The van der Waals surface area contributed by atoms with Gasteiger partial charge in [0.2, 0.25) is 5.95 Å². The van der Waals surface area contributed by atoms with Gasteiger partial charge in [0.25, 0.3) is 0 Å². The standard InChI is InChI=1S/C20H28N6O.HI/c1-4-21-19(24-15-17-6-7-18(27-3)16(2)14-17)25-10-12-26(13-11-25)20-22-8-5-9-23-20;/h5-9,14H,4,10-13,15H2,1-3H3,(H,21,24);1H. The minimum atomic E-state index is 0. The van der Waals surface area contributed by atoms with Crippen molar-refractivity contribution >= 4 is 35.9 Å². The molecular formula is C20H29IN6O. The number of hydrogen-bond acceptors (Lipinski definition) is 5. The van der Waals surface area contributed by atoms with Gasteiger partial charge in [0.15, 0.2) is 5.96 Å². The van der Waals surface area contributed by atoms with Gasteiger partial charge in [-0.3, -0.25) is 0 Å². The first kappa shape index (κ1) is 22.2. The highest BCUT2D eigenvalue weighted by Crippen LogP contribution is 2.19. The van der Waals surface area contributed by atoms with Gasteiger partial charge in [-0.05, 0) is 37.1 Å². The number of aromatic nitrogens is 2. The summed E-state index contributed by atoms with van der Waals surface area (Å²) >= 11 is 0. The molecule has 0 radical (unpaired) electrons. The predicted octanol–water partition coefficient (Wildman–Crippen LogP) is 2.70. The fourth-order valence-corrected chi connectivity index (χ4v) is 3.20. The van der Waals surface area contributed by atoms with Crippen LogP contribution in [0.15, 0.2) is 41.7 Å². The zero-order valence-corrected chi connectivity index (χ0v) is 19.1. The largest absolute Gasteiger partial charge is 0.496 e. The van der Waals surface area contributed by atoms with Gasteiger partial charge in [-0.2, -0.15) is 0 Å². The summed E-state index contributed by atoms with van der Waals surface area (Å²) in [6.45, 7) is 9.21. The molecule has 1 fully saturated rings. The Kier molecular flexibility index (Phi) is 8.75. The molecule has 7 nitrogen and oxygen atoms in total. The van der Waals surface area contributed by atoms with Crippen molar-refractivity contribution in [2.24, 2.45) is 4.99 Å². The first-order chi connectivity index (χ1) is 13.2. The van der Waals surface area contributed by atoms with Crippen LogP contribution < -0.4 is 15.0 Å². The van der Waals surface area contributed by atoms with E-state index in [9.17, 15) is 0 Å². The molecule has 152 valence electrons. The van der Waals surface area contributed by atoms with E-state index in [-0.39, 0.29) is 24.0 Å². The third kappa shape index (κ3) is 5.70. The number of benzene rings is 1. The lowest BCUT2D eigenvalue weighted by Crippen LogP contribution is -2.52. The molecule has 8 heteroatoms. The molecule has 0 aliphatic carbocycles. The molecular weight excluding hydrogens is 467 g/mol. The van der Waals surface area contributed by atoms with Gasteiger partial charge < -0.3 is 19.9 Å². The van der Waals surface area contributed by atoms with Gasteiger partial charge in [-0.15, -0.1) is 24.0 Å². The van der Waals surface area contributed by atoms with E-state index in [1.165, 1.54) is 5.56 Å². The van der Waals surface area contributed by atoms with Crippen molar-refractivity contribution in [3.63, 3.8) is 0 Å². The number of anilines is 1. The summed E-state index contributed by atoms with van der Waals surface area (Å²) in [4.78, 5) is 18.1. The van der Waals surface area contributed by atoms with Crippen LogP contribution in [0.1, 0.15) is 18.1 Å². The molecule has 1 aromatic heterocycles. The fourth-order valence-electron chi connectivity index (χ4n) is 3.20. The number of guanidine groups is 1. The van der Waals surface area contributed by atoms with Crippen molar-refractivity contribution in [3.05, 3.63) is 47.8 Å². The Bertz CT molecular complexity index is 763. The SMILES string of the molecule is CCNC(=NCc1ccc(OC)c(C)c1)N1CCN(c2ncccn2)CC1.I. The molecule has 0 amide bonds. The van der Waals surface area contributed by atoms with Gasteiger partial charge in [0.05, 0.1) is 13.7 Å². The number of nitrogens with one attached hydrogen (secondary N) is 1. The second-order valence-electron chi connectivity index (χ2n) is 6.50. The summed E-state index contributed by atoms with van der Waals surface area (Å²) in [5.41, 5.74) is 2.31. The Labute approximate surface area is 184 Å². The number of halogens is 1. The molecule has 1 saturated heterocycles. The Hall–Kier alpha value is -2.10. The molecule has 3 rings (SSSR count). The Morgan fingerprint density at radius 3 is 2.50 bits per heavy atom. The summed E-state index contributed by atoms with van der Waals surface area (Å²) < 4.78 is 5.33. The molecule has 0 bridgehead atoms. The van der Waals surface area contributed by atoms with Crippen LogP contribution in [0, 0.1) is 6.92 Å². The van der Waals surface area contributed by atoms with Crippen LogP contribution in [0.5, 0.6) is 5.75 Å². The molecule has 1 aliphatic heterocycles. The van der Waals surface area contributed by atoms with Crippen LogP contribution in [-0.2, 0) is 6.54 Å². The molecule has 0 spiro atoms. The van der Waals surface area contributed by atoms with E-state index in [4.69, 9.17) is 9.73 Å². The second kappa shape index (κ2) is 11.0. The van der Waals surface area contributed by atoms with Crippen LogP contribution in [0.3, 0.4) is 0 Å². The van der Waals surface area contributed by atoms with E-state index >= 15 is 0 Å². The number of methoxy groups -OCH3 is 1. The van der Waals surface area contributed by atoms with Gasteiger partial charge in [0, 0.05) is 45.1 Å². The molecule has 0 saturated carbocycles. The number of hydrogen-bond donors (Lipinski definition) is 1. The maximum absolute atomic E-state index is 5.33. The quantitative estimate of drug-likeness (QED) is 0.390. The van der Waals surface area contributed by atoms with Gasteiger partial charge >= 0.3 is 0 Å². The molecule has 1 aromatic carbocycles.